The third kappa shape index (κ3) is 4.87. The fraction of sp³-hybridized carbons (Fsp3) is 0.647. The van der Waals surface area contributed by atoms with Crippen molar-refractivity contribution in [3.05, 3.63) is 29.8 Å². The molecule has 1 aliphatic carbocycles. The van der Waals surface area contributed by atoms with Gasteiger partial charge in [0.2, 0.25) is 0 Å². The topological polar surface area (TPSA) is 21.3 Å². The summed E-state index contributed by atoms with van der Waals surface area (Å²) in [6.45, 7) is 8.54. The Labute approximate surface area is 117 Å². The van der Waals surface area contributed by atoms with Crippen LogP contribution in [0.5, 0.6) is 5.75 Å². The van der Waals surface area contributed by atoms with Gasteiger partial charge in [-0.25, -0.2) is 0 Å². The third-order valence-corrected chi connectivity index (χ3v) is 3.62. The van der Waals surface area contributed by atoms with E-state index in [0.29, 0.717) is 12.0 Å². The maximum Gasteiger partial charge on any atom is 0.119 e. The molecule has 1 fully saturated rings. The molecule has 0 bridgehead atoms. The van der Waals surface area contributed by atoms with Crippen molar-refractivity contribution in [2.24, 2.45) is 11.8 Å². The predicted octanol–water partition coefficient (Wildman–Crippen LogP) is 4.17. The highest BCUT2D eigenvalue weighted by Gasteiger charge is 2.22. The Morgan fingerprint density at radius 2 is 1.89 bits per heavy atom. The first-order valence-electron chi connectivity index (χ1n) is 7.65. The maximum absolute atomic E-state index is 5.72. The van der Waals surface area contributed by atoms with Gasteiger partial charge in [0.05, 0.1) is 6.61 Å². The van der Waals surface area contributed by atoms with Crippen LogP contribution in [0.3, 0.4) is 0 Å². The van der Waals surface area contributed by atoms with Crippen LogP contribution in [0.4, 0.5) is 0 Å². The summed E-state index contributed by atoms with van der Waals surface area (Å²) in [5, 5.41) is 3.68. The van der Waals surface area contributed by atoms with E-state index >= 15 is 0 Å². The minimum atomic E-state index is 0.486. The van der Waals surface area contributed by atoms with Crippen molar-refractivity contribution in [1.29, 1.82) is 0 Å². The first-order valence-corrected chi connectivity index (χ1v) is 7.65. The minimum absolute atomic E-state index is 0.486. The van der Waals surface area contributed by atoms with Gasteiger partial charge in [-0.05, 0) is 55.3 Å². The Morgan fingerprint density at radius 1 is 1.21 bits per heavy atom. The molecule has 2 nitrogen and oxygen atoms in total. The Morgan fingerprint density at radius 3 is 2.42 bits per heavy atom. The van der Waals surface area contributed by atoms with Gasteiger partial charge in [0, 0.05) is 6.04 Å². The summed E-state index contributed by atoms with van der Waals surface area (Å²) in [6, 6.07) is 9.07. The van der Waals surface area contributed by atoms with Crippen molar-refractivity contribution >= 4 is 0 Å². The van der Waals surface area contributed by atoms with Gasteiger partial charge in [-0.1, -0.05) is 32.9 Å². The van der Waals surface area contributed by atoms with Gasteiger partial charge >= 0.3 is 0 Å². The Kier molecular flexibility index (Phi) is 5.26. The second-order valence-corrected chi connectivity index (χ2v) is 6.09. The van der Waals surface area contributed by atoms with Gasteiger partial charge < -0.3 is 10.1 Å². The zero-order valence-corrected chi connectivity index (χ0v) is 12.5. The molecule has 1 N–H and O–H groups in total. The van der Waals surface area contributed by atoms with Crippen LogP contribution in [-0.2, 0) is 0 Å². The number of hydrogen-bond donors (Lipinski definition) is 1. The average molecular weight is 261 g/mol. The van der Waals surface area contributed by atoms with Crippen molar-refractivity contribution < 1.29 is 4.74 Å². The summed E-state index contributed by atoms with van der Waals surface area (Å²) in [7, 11) is 0. The lowest BCUT2D eigenvalue weighted by Crippen LogP contribution is -2.22. The zero-order chi connectivity index (χ0) is 13.7. The van der Waals surface area contributed by atoms with Gasteiger partial charge in [0.25, 0.3) is 0 Å². The largest absolute Gasteiger partial charge is 0.493 e. The van der Waals surface area contributed by atoms with Crippen LogP contribution in [0.2, 0.25) is 0 Å². The van der Waals surface area contributed by atoms with E-state index in [9.17, 15) is 0 Å². The molecule has 0 aromatic heterocycles. The maximum atomic E-state index is 5.72. The number of rotatable bonds is 8. The van der Waals surface area contributed by atoms with Crippen molar-refractivity contribution in [3.63, 3.8) is 0 Å². The number of ether oxygens (including phenoxy) is 1. The molecule has 19 heavy (non-hydrogen) atoms. The molecule has 0 aliphatic heterocycles. The van der Waals surface area contributed by atoms with E-state index in [4.69, 9.17) is 4.74 Å². The van der Waals surface area contributed by atoms with Crippen molar-refractivity contribution in [1.82, 2.24) is 5.32 Å². The van der Waals surface area contributed by atoms with Crippen LogP contribution in [0.15, 0.2) is 24.3 Å². The molecular formula is C17H27NO. The molecule has 0 spiro atoms. The SMILES string of the molecule is CCC(NCC1CC1)c1ccc(OCC(C)C)cc1. The monoisotopic (exact) mass is 261 g/mol. The minimum Gasteiger partial charge on any atom is -0.493 e. The summed E-state index contributed by atoms with van der Waals surface area (Å²) in [5.74, 6) is 2.49. The molecule has 1 unspecified atom stereocenters. The molecule has 1 atom stereocenters. The van der Waals surface area contributed by atoms with Gasteiger partial charge in [0.1, 0.15) is 5.75 Å². The molecule has 1 aliphatic rings. The Bertz CT molecular complexity index is 367. The molecule has 106 valence electrons. The van der Waals surface area contributed by atoms with E-state index in [-0.39, 0.29) is 0 Å². The summed E-state index contributed by atoms with van der Waals surface area (Å²) in [4.78, 5) is 0. The van der Waals surface area contributed by atoms with Crippen molar-refractivity contribution in [2.45, 2.75) is 46.1 Å². The van der Waals surface area contributed by atoms with Crippen LogP contribution in [0.25, 0.3) is 0 Å². The molecule has 1 aromatic rings. The van der Waals surface area contributed by atoms with Crippen LogP contribution in [-0.4, -0.2) is 13.2 Å². The van der Waals surface area contributed by atoms with E-state index in [0.717, 1.165) is 24.7 Å². The van der Waals surface area contributed by atoms with Crippen LogP contribution in [0, 0.1) is 11.8 Å². The van der Waals surface area contributed by atoms with E-state index in [1.54, 1.807) is 0 Å². The lowest BCUT2D eigenvalue weighted by molar-refractivity contribution is 0.271. The number of hydrogen-bond acceptors (Lipinski definition) is 2. The van der Waals surface area contributed by atoms with Gasteiger partial charge in [0.15, 0.2) is 0 Å². The molecule has 1 aromatic carbocycles. The molecule has 0 saturated heterocycles. The zero-order valence-electron chi connectivity index (χ0n) is 12.5. The average Bonchev–Trinajstić information content (AvgIpc) is 3.22. The standard InChI is InChI=1S/C17H27NO/c1-4-17(18-11-14-5-6-14)15-7-9-16(10-8-15)19-12-13(2)3/h7-10,13-14,17-18H,4-6,11-12H2,1-3H3. The van der Waals surface area contributed by atoms with E-state index < -0.39 is 0 Å². The predicted molar refractivity (Wildman–Crippen MR) is 80.5 cm³/mol. The molecule has 0 amide bonds. The number of benzene rings is 1. The smallest absolute Gasteiger partial charge is 0.119 e. The lowest BCUT2D eigenvalue weighted by atomic mass is 10.0. The van der Waals surface area contributed by atoms with Crippen molar-refractivity contribution in [3.8, 4) is 5.75 Å². The summed E-state index contributed by atoms with van der Waals surface area (Å²) >= 11 is 0. The first-order chi connectivity index (χ1) is 9.19. The lowest BCUT2D eigenvalue weighted by Gasteiger charge is -2.18. The summed E-state index contributed by atoms with van der Waals surface area (Å²) in [6.07, 6.45) is 3.95. The summed E-state index contributed by atoms with van der Waals surface area (Å²) < 4.78 is 5.72. The highest BCUT2D eigenvalue weighted by Crippen LogP contribution is 2.29. The van der Waals surface area contributed by atoms with Crippen LogP contribution >= 0.6 is 0 Å². The summed E-state index contributed by atoms with van der Waals surface area (Å²) in [5.41, 5.74) is 1.38. The number of nitrogens with one attached hydrogen (secondary N) is 1. The first kappa shape index (κ1) is 14.4. The third-order valence-electron chi connectivity index (χ3n) is 3.62. The second-order valence-electron chi connectivity index (χ2n) is 6.09. The van der Waals surface area contributed by atoms with E-state index in [2.05, 4.69) is 50.4 Å². The second kappa shape index (κ2) is 6.95. The van der Waals surface area contributed by atoms with Gasteiger partial charge in [-0.2, -0.15) is 0 Å². The van der Waals surface area contributed by atoms with Gasteiger partial charge in [-0.15, -0.1) is 0 Å². The molecule has 0 radical (unpaired) electrons. The van der Waals surface area contributed by atoms with Crippen LogP contribution in [0.1, 0.15) is 51.6 Å². The normalized spacial score (nSPS) is 16.6. The highest BCUT2D eigenvalue weighted by atomic mass is 16.5. The van der Waals surface area contributed by atoms with Gasteiger partial charge in [-0.3, -0.25) is 0 Å². The van der Waals surface area contributed by atoms with Crippen LogP contribution < -0.4 is 10.1 Å². The quantitative estimate of drug-likeness (QED) is 0.758. The molecular weight excluding hydrogens is 234 g/mol. The van der Waals surface area contributed by atoms with E-state index in [1.165, 1.54) is 24.9 Å². The molecule has 0 heterocycles. The fourth-order valence-corrected chi connectivity index (χ4v) is 2.19. The van der Waals surface area contributed by atoms with Crippen molar-refractivity contribution in [2.75, 3.05) is 13.2 Å². The fourth-order valence-electron chi connectivity index (χ4n) is 2.19. The molecule has 2 heteroatoms. The Hall–Kier alpha value is -1.02. The van der Waals surface area contributed by atoms with E-state index in [1.807, 2.05) is 0 Å². The Balaban J connectivity index is 1.87. The molecule has 1 saturated carbocycles. The molecule has 2 rings (SSSR count). The highest BCUT2D eigenvalue weighted by molar-refractivity contribution is 5.29.